The Balaban J connectivity index is 2.31. The van der Waals surface area contributed by atoms with Crippen molar-refractivity contribution < 1.29 is 9.16 Å². The molecule has 20 heavy (non-hydrogen) atoms. The minimum atomic E-state index is -1.66. The third-order valence-corrected chi connectivity index (χ3v) is 8.21. The van der Waals surface area contributed by atoms with E-state index in [1.165, 1.54) is 6.20 Å². The SMILES string of the molecule is CC(C)(C)[Si](C)(C)OCCCOc1cncc(C#N)c1. The summed E-state index contributed by atoms with van der Waals surface area (Å²) in [6, 6.07) is 3.74. The van der Waals surface area contributed by atoms with Gasteiger partial charge in [-0.25, -0.2) is 0 Å². The van der Waals surface area contributed by atoms with Crippen molar-refractivity contribution in [3.05, 3.63) is 24.0 Å². The number of nitrogens with zero attached hydrogens (tertiary/aromatic N) is 2. The van der Waals surface area contributed by atoms with E-state index in [-0.39, 0.29) is 5.04 Å². The van der Waals surface area contributed by atoms with Crippen LogP contribution in [0.15, 0.2) is 18.5 Å². The van der Waals surface area contributed by atoms with Crippen molar-refractivity contribution in [1.29, 1.82) is 5.26 Å². The molecule has 0 atom stereocenters. The van der Waals surface area contributed by atoms with E-state index in [2.05, 4.69) is 38.8 Å². The summed E-state index contributed by atoms with van der Waals surface area (Å²) in [6.45, 7) is 12.5. The number of nitriles is 1. The van der Waals surface area contributed by atoms with E-state index in [1.807, 2.05) is 6.07 Å². The van der Waals surface area contributed by atoms with E-state index < -0.39 is 8.32 Å². The van der Waals surface area contributed by atoms with Crippen LogP contribution in [0.1, 0.15) is 32.8 Å². The van der Waals surface area contributed by atoms with E-state index >= 15 is 0 Å². The van der Waals surface area contributed by atoms with Gasteiger partial charge in [-0.2, -0.15) is 5.26 Å². The van der Waals surface area contributed by atoms with Gasteiger partial charge < -0.3 is 9.16 Å². The Hall–Kier alpha value is -1.38. The molecular weight excluding hydrogens is 268 g/mol. The first-order chi connectivity index (χ1) is 9.26. The molecule has 0 saturated heterocycles. The molecular formula is C15H24N2O2Si. The Morgan fingerprint density at radius 3 is 2.55 bits per heavy atom. The van der Waals surface area contributed by atoms with Crippen LogP contribution in [0.4, 0.5) is 0 Å². The summed E-state index contributed by atoms with van der Waals surface area (Å²) in [5.41, 5.74) is 0.514. The number of hydrogen-bond donors (Lipinski definition) is 0. The molecule has 0 fully saturated rings. The molecule has 1 rings (SSSR count). The molecule has 0 amide bonds. The molecule has 0 aliphatic heterocycles. The van der Waals surface area contributed by atoms with Crippen LogP contribution in [0.5, 0.6) is 5.75 Å². The smallest absolute Gasteiger partial charge is 0.191 e. The second-order valence-electron chi connectivity index (χ2n) is 6.33. The molecule has 0 unspecified atom stereocenters. The predicted molar refractivity (Wildman–Crippen MR) is 82.2 cm³/mol. The van der Waals surface area contributed by atoms with Crippen molar-refractivity contribution in [3.63, 3.8) is 0 Å². The zero-order valence-electron chi connectivity index (χ0n) is 13.1. The van der Waals surface area contributed by atoms with E-state index in [0.717, 1.165) is 6.42 Å². The van der Waals surface area contributed by atoms with E-state index in [1.54, 1.807) is 12.3 Å². The van der Waals surface area contributed by atoms with Gasteiger partial charge in [-0.1, -0.05) is 20.8 Å². The van der Waals surface area contributed by atoms with Gasteiger partial charge in [-0.3, -0.25) is 4.98 Å². The van der Waals surface area contributed by atoms with Crippen LogP contribution < -0.4 is 4.74 Å². The summed E-state index contributed by atoms with van der Waals surface area (Å²) in [5.74, 6) is 0.636. The molecule has 0 N–H and O–H groups in total. The summed E-state index contributed by atoms with van der Waals surface area (Å²) < 4.78 is 11.6. The highest BCUT2D eigenvalue weighted by Crippen LogP contribution is 2.36. The van der Waals surface area contributed by atoms with Crippen LogP contribution in [0.25, 0.3) is 0 Å². The van der Waals surface area contributed by atoms with Crippen molar-refractivity contribution in [1.82, 2.24) is 4.98 Å². The molecule has 5 heteroatoms. The quantitative estimate of drug-likeness (QED) is 0.592. The third-order valence-electron chi connectivity index (χ3n) is 3.67. The van der Waals surface area contributed by atoms with Crippen molar-refractivity contribution in [2.45, 2.75) is 45.3 Å². The Bertz CT molecular complexity index is 475. The standard InChI is InChI=1S/C15H24N2O2Si/c1-15(2,3)20(4,5)19-8-6-7-18-14-9-13(10-16)11-17-12-14/h9,11-12H,6-8H2,1-5H3. The van der Waals surface area contributed by atoms with Crippen molar-refractivity contribution in [2.24, 2.45) is 0 Å². The summed E-state index contributed by atoms with van der Waals surface area (Å²) >= 11 is 0. The maximum Gasteiger partial charge on any atom is 0.191 e. The Morgan fingerprint density at radius 1 is 1.25 bits per heavy atom. The van der Waals surface area contributed by atoms with Gasteiger partial charge in [0.2, 0.25) is 0 Å². The lowest BCUT2D eigenvalue weighted by molar-refractivity contribution is 0.233. The van der Waals surface area contributed by atoms with Crippen LogP contribution in [-0.4, -0.2) is 26.5 Å². The Morgan fingerprint density at radius 2 is 1.95 bits per heavy atom. The highest BCUT2D eigenvalue weighted by Gasteiger charge is 2.36. The third kappa shape index (κ3) is 4.95. The number of pyridine rings is 1. The van der Waals surface area contributed by atoms with E-state index in [0.29, 0.717) is 24.5 Å². The molecule has 1 heterocycles. The maximum atomic E-state index is 8.78. The zero-order valence-corrected chi connectivity index (χ0v) is 14.1. The summed E-state index contributed by atoms with van der Waals surface area (Å²) in [4.78, 5) is 3.95. The first-order valence-electron chi connectivity index (χ1n) is 6.88. The number of rotatable bonds is 6. The van der Waals surface area contributed by atoms with Gasteiger partial charge >= 0.3 is 0 Å². The second kappa shape index (κ2) is 6.87. The molecule has 110 valence electrons. The lowest BCUT2D eigenvalue weighted by Crippen LogP contribution is -2.41. The zero-order chi connectivity index (χ0) is 15.2. The molecule has 1 aromatic heterocycles. The molecule has 1 aromatic rings. The van der Waals surface area contributed by atoms with Gasteiger partial charge in [-0.05, 0) is 18.1 Å². The van der Waals surface area contributed by atoms with Crippen molar-refractivity contribution in [2.75, 3.05) is 13.2 Å². The second-order valence-corrected chi connectivity index (χ2v) is 11.1. The van der Waals surface area contributed by atoms with Gasteiger partial charge in [0, 0.05) is 25.3 Å². The van der Waals surface area contributed by atoms with E-state index in [4.69, 9.17) is 14.4 Å². The fourth-order valence-electron chi connectivity index (χ4n) is 1.35. The monoisotopic (exact) mass is 292 g/mol. The maximum absolute atomic E-state index is 8.78. The molecule has 0 saturated carbocycles. The summed E-state index contributed by atoms with van der Waals surface area (Å²) in [7, 11) is -1.66. The molecule has 0 aliphatic rings. The van der Waals surface area contributed by atoms with Crippen LogP contribution in [-0.2, 0) is 4.43 Å². The van der Waals surface area contributed by atoms with Crippen molar-refractivity contribution in [3.8, 4) is 11.8 Å². The van der Waals surface area contributed by atoms with Crippen molar-refractivity contribution >= 4 is 8.32 Å². The van der Waals surface area contributed by atoms with E-state index in [9.17, 15) is 0 Å². The topological polar surface area (TPSA) is 55.1 Å². The van der Waals surface area contributed by atoms with Gasteiger partial charge in [-0.15, -0.1) is 0 Å². The van der Waals surface area contributed by atoms with Crippen LogP contribution in [0.3, 0.4) is 0 Å². The Labute approximate surface area is 122 Å². The van der Waals surface area contributed by atoms with Crippen LogP contribution in [0, 0.1) is 11.3 Å². The minimum absolute atomic E-state index is 0.235. The predicted octanol–water partition coefficient (Wildman–Crippen LogP) is 3.74. The molecule has 0 aliphatic carbocycles. The first-order valence-corrected chi connectivity index (χ1v) is 9.79. The van der Waals surface area contributed by atoms with Gasteiger partial charge in [0.05, 0.1) is 18.4 Å². The summed E-state index contributed by atoms with van der Waals surface area (Å²) in [6.07, 6.45) is 3.98. The van der Waals surface area contributed by atoms with Gasteiger partial charge in [0.25, 0.3) is 0 Å². The molecule has 0 bridgehead atoms. The lowest BCUT2D eigenvalue weighted by atomic mass is 10.2. The molecule has 0 aromatic carbocycles. The number of hydrogen-bond acceptors (Lipinski definition) is 4. The highest BCUT2D eigenvalue weighted by atomic mass is 28.4. The average molecular weight is 292 g/mol. The van der Waals surface area contributed by atoms with Gasteiger partial charge in [0.15, 0.2) is 8.32 Å². The van der Waals surface area contributed by atoms with Crippen LogP contribution in [0.2, 0.25) is 18.1 Å². The Kier molecular flexibility index (Phi) is 5.72. The fraction of sp³-hybridized carbons (Fsp3) is 0.600. The van der Waals surface area contributed by atoms with Crippen LogP contribution >= 0.6 is 0 Å². The van der Waals surface area contributed by atoms with Gasteiger partial charge in [0.1, 0.15) is 11.8 Å². The number of ether oxygens (including phenoxy) is 1. The average Bonchev–Trinajstić information content (AvgIpc) is 2.37. The molecule has 4 nitrogen and oxygen atoms in total. The fourth-order valence-corrected chi connectivity index (χ4v) is 2.44. The first kappa shape index (κ1) is 16.7. The summed E-state index contributed by atoms with van der Waals surface area (Å²) in [5, 5.41) is 9.01. The normalized spacial score (nSPS) is 12.0. The molecule has 0 radical (unpaired) electrons. The number of aromatic nitrogens is 1. The molecule has 0 spiro atoms. The lowest BCUT2D eigenvalue weighted by Gasteiger charge is -2.36. The largest absolute Gasteiger partial charge is 0.492 e. The minimum Gasteiger partial charge on any atom is -0.492 e. The highest BCUT2D eigenvalue weighted by molar-refractivity contribution is 6.74.